The van der Waals surface area contributed by atoms with E-state index in [9.17, 15) is 4.79 Å². The molecule has 2 heterocycles. The van der Waals surface area contributed by atoms with E-state index in [0.717, 1.165) is 37.6 Å². The zero-order chi connectivity index (χ0) is 13.1. The number of nitrogens with one attached hydrogen (secondary N) is 1. The predicted octanol–water partition coefficient (Wildman–Crippen LogP) is 0.339. The SMILES string of the molecule is O=C(NCc1ccnc(N2CCOCC2)n1)C1CC1. The van der Waals surface area contributed by atoms with E-state index in [1.54, 1.807) is 6.20 Å². The molecule has 1 amide bonds. The molecule has 0 bridgehead atoms. The molecule has 0 spiro atoms. The Hall–Kier alpha value is -1.69. The van der Waals surface area contributed by atoms with Crippen LogP contribution in [0.2, 0.25) is 0 Å². The molecule has 1 aromatic heterocycles. The Balaban J connectivity index is 1.60. The number of nitrogens with zero attached hydrogens (tertiary/aromatic N) is 3. The Kier molecular flexibility index (Phi) is 3.59. The average Bonchev–Trinajstić information content (AvgIpc) is 3.31. The van der Waals surface area contributed by atoms with Gasteiger partial charge in [-0.3, -0.25) is 4.79 Å². The number of hydrogen-bond acceptors (Lipinski definition) is 5. The third-order valence-corrected chi connectivity index (χ3v) is 3.39. The first kappa shape index (κ1) is 12.3. The lowest BCUT2D eigenvalue weighted by Crippen LogP contribution is -2.37. The maximum Gasteiger partial charge on any atom is 0.225 e. The minimum atomic E-state index is 0.145. The first-order chi connectivity index (χ1) is 9.33. The van der Waals surface area contributed by atoms with Crippen LogP contribution >= 0.6 is 0 Å². The van der Waals surface area contributed by atoms with Crippen LogP contribution in [0.4, 0.5) is 5.95 Å². The molecule has 19 heavy (non-hydrogen) atoms. The van der Waals surface area contributed by atoms with Crippen molar-refractivity contribution >= 4 is 11.9 Å². The highest BCUT2D eigenvalue weighted by atomic mass is 16.5. The molecule has 102 valence electrons. The van der Waals surface area contributed by atoms with Crippen molar-refractivity contribution in [3.05, 3.63) is 18.0 Å². The zero-order valence-electron chi connectivity index (χ0n) is 10.8. The van der Waals surface area contributed by atoms with Crippen molar-refractivity contribution in [2.75, 3.05) is 31.2 Å². The minimum absolute atomic E-state index is 0.145. The lowest BCUT2D eigenvalue weighted by Gasteiger charge is -2.26. The summed E-state index contributed by atoms with van der Waals surface area (Å²) >= 11 is 0. The summed E-state index contributed by atoms with van der Waals surface area (Å²) in [4.78, 5) is 22.5. The van der Waals surface area contributed by atoms with Crippen molar-refractivity contribution in [2.24, 2.45) is 5.92 Å². The summed E-state index contributed by atoms with van der Waals surface area (Å²) in [5, 5.41) is 2.92. The van der Waals surface area contributed by atoms with E-state index >= 15 is 0 Å². The molecule has 1 aliphatic carbocycles. The predicted molar refractivity (Wildman–Crippen MR) is 69.6 cm³/mol. The number of carbonyl (C=O) groups excluding carboxylic acids is 1. The van der Waals surface area contributed by atoms with Crippen LogP contribution in [-0.2, 0) is 16.1 Å². The van der Waals surface area contributed by atoms with Gasteiger partial charge in [0.1, 0.15) is 0 Å². The van der Waals surface area contributed by atoms with Crippen LogP contribution in [0, 0.1) is 5.92 Å². The van der Waals surface area contributed by atoms with Gasteiger partial charge in [0.15, 0.2) is 0 Å². The van der Waals surface area contributed by atoms with Gasteiger partial charge in [-0.15, -0.1) is 0 Å². The van der Waals surface area contributed by atoms with E-state index < -0.39 is 0 Å². The average molecular weight is 262 g/mol. The molecule has 1 aromatic rings. The van der Waals surface area contributed by atoms with Gasteiger partial charge in [-0.05, 0) is 18.9 Å². The molecule has 0 unspecified atom stereocenters. The molecule has 2 aliphatic rings. The van der Waals surface area contributed by atoms with E-state index in [1.807, 2.05) is 6.07 Å². The van der Waals surface area contributed by atoms with Crippen LogP contribution in [0.5, 0.6) is 0 Å². The van der Waals surface area contributed by atoms with Gasteiger partial charge in [-0.2, -0.15) is 0 Å². The van der Waals surface area contributed by atoms with Crippen LogP contribution in [-0.4, -0.2) is 42.2 Å². The summed E-state index contributed by atoms with van der Waals surface area (Å²) in [5.74, 6) is 1.11. The van der Waals surface area contributed by atoms with Gasteiger partial charge < -0.3 is 15.0 Å². The molecule has 1 N–H and O–H groups in total. The van der Waals surface area contributed by atoms with Crippen molar-refractivity contribution < 1.29 is 9.53 Å². The number of morpholine rings is 1. The molecule has 1 saturated carbocycles. The second-order valence-corrected chi connectivity index (χ2v) is 4.94. The third-order valence-electron chi connectivity index (χ3n) is 3.39. The maximum absolute atomic E-state index is 11.6. The van der Waals surface area contributed by atoms with Gasteiger partial charge in [0.25, 0.3) is 0 Å². The summed E-state index contributed by atoms with van der Waals surface area (Å²) in [6.07, 6.45) is 3.79. The fourth-order valence-corrected chi connectivity index (χ4v) is 2.07. The van der Waals surface area contributed by atoms with E-state index in [0.29, 0.717) is 19.8 Å². The number of ether oxygens (including phenoxy) is 1. The minimum Gasteiger partial charge on any atom is -0.378 e. The summed E-state index contributed by atoms with van der Waals surface area (Å²) in [6.45, 7) is 3.54. The highest BCUT2D eigenvalue weighted by molar-refractivity contribution is 5.80. The number of hydrogen-bond donors (Lipinski definition) is 1. The van der Waals surface area contributed by atoms with Gasteiger partial charge in [-0.1, -0.05) is 0 Å². The molecule has 0 atom stereocenters. The van der Waals surface area contributed by atoms with E-state index in [-0.39, 0.29) is 11.8 Å². The van der Waals surface area contributed by atoms with Crippen molar-refractivity contribution in [2.45, 2.75) is 19.4 Å². The standard InChI is InChI=1S/C13H18N4O2/c18-12(10-1-2-10)15-9-11-3-4-14-13(16-11)17-5-7-19-8-6-17/h3-4,10H,1-2,5-9H2,(H,15,18). The Labute approximate surface area is 112 Å². The van der Waals surface area contributed by atoms with E-state index in [4.69, 9.17) is 4.74 Å². The number of anilines is 1. The molecule has 0 radical (unpaired) electrons. The van der Waals surface area contributed by atoms with Gasteiger partial charge >= 0.3 is 0 Å². The Bertz CT molecular complexity index is 456. The van der Waals surface area contributed by atoms with Crippen LogP contribution in [0.15, 0.2) is 12.3 Å². The van der Waals surface area contributed by atoms with Crippen molar-refractivity contribution in [1.29, 1.82) is 0 Å². The normalized spacial score (nSPS) is 19.3. The molecule has 1 saturated heterocycles. The highest BCUT2D eigenvalue weighted by Gasteiger charge is 2.29. The van der Waals surface area contributed by atoms with Gasteiger partial charge in [0.05, 0.1) is 25.5 Å². The quantitative estimate of drug-likeness (QED) is 0.847. The molecule has 0 aromatic carbocycles. The van der Waals surface area contributed by atoms with Gasteiger partial charge in [0.2, 0.25) is 11.9 Å². The number of rotatable bonds is 4. The number of aromatic nitrogens is 2. The fourth-order valence-electron chi connectivity index (χ4n) is 2.07. The van der Waals surface area contributed by atoms with E-state index in [1.165, 1.54) is 0 Å². The Morgan fingerprint density at radius 2 is 2.21 bits per heavy atom. The lowest BCUT2D eigenvalue weighted by molar-refractivity contribution is -0.122. The molecule has 6 nitrogen and oxygen atoms in total. The molecule has 3 rings (SSSR count). The smallest absolute Gasteiger partial charge is 0.225 e. The second kappa shape index (κ2) is 5.52. The maximum atomic E-state index is 11.6. The first-order valence-corrected chi connectivity index (χ1v) is 6.75. The van der Waals surface area contributed by atoms with Crippen LogP contribution < -0.4 is 10.2 Å². The first-order valence-electron chi connectivity index (χ1n) is 6.75. The Morgan fingerprint density at radius 1 is 1.42 bits per heavy atom. The topological polar surface area (TPSA) is 67.4 Å². The molecule has 2 fully saturated rings. The largest absolute Gasteiger partial charge is 0.378 e. The van der Waals surface area contributed by atoms with Crippen molar-refractivity contribution in [3.8, 4) is 0 Å². The lowest BCUT2D eigenvalue weighted by atomic mass is 10.3. The number of carbonyl (C=O) groups is 1. The molecule has 6 heteroatoms. The van der Waals surface area contributed by atoms with E-state index in [2.05, 4.69) is 20.2 Å². The third kappa shape index (κ3) is 3.20. The Morgan fingerprint density at radius 3 is 2.95 bits per heavy atom. The summed E-state index contributed by atoms with van der Waals surface area (Å²) < 4.78 is 5.31. The van der Waals surface area contributed by atoms with Gasteiger partial charge in [0, 0.05) is 25.2 Å². The van der Waals surface area contributed by atoms with Crippen LogP contribution in [0.1, 0.15) is 18.5 Å². The number of amides is 1. The molecular formula is C13H18N4O2. The fraction of sp³-hybridized carbons (Fsp3) is 0.615. The van der Waals surface area contributed by atoms with Crippen molar-refractivity contribution in [3.63, 3.8) is 0 Å². The van der Waals surface area contributed by atoms with Gasteiger partial charge in [-0.25, -0.2) is 9.97 Å². The zero-order valence-corrected chi connectivity index (χ0v) is 10.8. The summed E-state index contributed by atoms with van der Waals surface area (Å²) in [5.41, 5.74) is 0.852. The van der Waals surface area contributed by atoms with Crippen LogP contribution in [0.3, 0.4) is 0 Å². The summed E-state index contributed by atoms with van der Waals surface area (Å²) in [6, 6.07) is 1.84. The molecular weight excluding hydrogens is 244 g/mol. The highest BCUT2D eigenvalue weighted by Crippen LogP contribution is 2.28. The second-order valence-electron chi connectivity index (χ2n) is 4.94. The molecule has 1 aliphatic heterocycles. The summed E-state index contributed by atoms with van der Waals surface area (Å²) in [7, 11) is 0. The van der Waals surface area contributed by atoms with Crippen LogP contribution in [0.25, 0.3) is 0 Å². The monoisotopic (exact) mass is 262 g/mol. The van der Waals surface area contributed by atoms with Crippen molar-refractivity contribution in [1.82, 2.24) is 15.3 Å².